The maximum Gasteiger partial charge on any atom is 0.234 e. The molecule has 1 N–H and O–H groups in total. The first-order valence-corrected chi connectivity index (χ1v) is 12.5. The summed E-state index contributed by atoms with van der Waals surface area (Å²) in [7, 11) is 0. The van der Waals surface area contributed by atoms with E-state index in [-0.39, 0.29) is 22.7 Å². The minimum atomic E-state index is -0.172. The minimum absolute atomic E-state index is 0.0919. The summed E-state index contributed by atoms with van der Waals surface area (Å²) < 4.78 is 13.6. The molecule has 0 unspecified atom stereocenters. The van der Waals surface area contributed by atoms with Gasteiger partial charge in [-0.3, -0.25) is 9.69 Å². The van der Waals surface area contributed by atoms with Crippen molar-refractivity contribution in [3.05, 3.63) is 60.0 Å². The smallest absolute Gasteiger partial charge is 0.234 e. The number of nitrogens with zero attached hydrogens (tertiary/aromatic N) is 3. The number of pyridine rings is 1. The summed E-state index contributed by atoms with van der Waals surface area (Å²) in [4.78, 5) is 22.2. The Bertz CT molecular complexity index is 989. The van der Waals surface area contributed by atoms with Gasteiger partial charge in [0, 0.05) is 37.9 Å². The fourth-order valence-electron chi connectivity index (χ4n) is 7.76. The molecule has 4 atom stereocenters. The van der Waals surface area contributed by atoms with Crippen LogP contribution in [0.25, 0.3) is 0 Å². The van der Waals surface area contributed by atoms with E-state index >= 15 is 0 Å². The second-order valence-electron chi connectivity index (χ2n) is 11.0. The lowest BCUT2D eigenvalue weighted by Crippen LogP contribution is -2.65. The molecule has 1 aliphatic heterocycles. The molecule has 5 nitrogen and oxygen atoms in total. The molecular weight excluding hydrogens is 415 g/mol. The third-order valence-electron chi connectivity index (χ3n) is 8.64. The fourth-order valence-corrected chi connectivity index (χ4v) is 7.76. The summed E-state index contributed by atoms with van der Waals surface area (Å²) in [6.45, 7) is 4.01. The molecule has 4 saturated carbocycles. The van der Waals surface area contributed by atoms with Gasteiger partial charge in [-0.15, -0.1) is 0 Å². The van der Waals surface area contributed by atoms with E-state index in [1.165, 1.54) is 24.8 Å². The van der Waals surface area contributed by atoms with Crippen LogP contribution in [-0.4, -0.2) is 54.1 Å². The summed E-state index contributed by atoms with van der Waals surface area (Å²) in [6.07, 6.45) is 8.69. The molecule has 33 heavy (non-hydrogen) atoms. The van der Waals surface area contributed by atoms with Gasteiger partial charge in [-0.2, -0.15) is 0 Å². The Hall–Kier alpha value is -2.47. The van der Waals surface area contributed by atoms with E-state index in [1.807, 2.05) is 36.5 Å². The molecule has 174 valence electrons. The Kier molecular flexibility index (Phi) is 5.17. The first-order chi connectivity index (χ1) is 16.0. The quantitative estimate of drug-likeness (QED) is 0.757. The summed E-state index contributed by atoms with van der Waals surface area (Å²) >= 11 is 0. The van der Waals surface area contributed by atoms with Crippen LogP contribution in [-0.2, 0) is 10.2 Å². The summed E-state index contributed by atoms with van der Waals surface area (Å²) in [5.41, 5.74) is 1.27. The second kappa shape index (κ2) is 8.08. The van der Waals surface area contributed by atoms with Gasteiger partial charge in [-0.1, -0.05) is 18.2 Å². The number of hydrogen-bond donors (Lipinski definition) is 1. The Morgan fingerprint density at radius 3 is 2.39 bits per heavy atom. The van der Waals surface area contributed by atoms with Crippen molar-refractivity contribution in [2.24, 2.45) is 11.8 Å². The molecule has 1 aromatic carbocycles. The van der Waals surface area contributed by atoms with Crippen LogP contribution >= 0.6 is 0 Å². The SMILES string of the molecule is O=C(CN1CCN(c2ccccn2)CC1)N[C@@]12C[C@H]3C[C@@H](C1)C[C@@](c1ccc(F)cc1)(C3)C2. The molecule has 1 amide bonds. The van der Waals surface area contributed by atoms with E-state index in [0.29, 0.717) is 18.4 Å². The number of anilines is 1. The molecule has 4 bridgehead atoms. The van der Waals surface area contributed by atoms with Crippen LogP contribution in [0, 0.1) is 17.7 Å². The molecule has 2 aromatic rings. The average molecular weight is 449 g/mol. The topological polar surface area (TPSA) is 48.5 Å². The summed E-state index contributed by atoms with van der Waals surface area (Å²) in [5, 5.41) is 3.54. The van der Waals surface area contributed by atoms with Crippen molar-refractivity contribution in [3.8, 4) is 0 Å². The third-order valence-corrected chi connectivity index (χ3v) is 8.64. The van der Waals surface area contributed by atoms with Crippen LogP contribution in [0.5, 0.6) is 0 Å². The zero-order valence-electron chi connectivity index (χ0n) is 19.2. The first-order valence-electron chi connectivity index (χ1n) is 12.5. The van der Waals surface area contributed by atoms with E-state index in [4.69, 9.17) is 0 Å². The summed E-state index contributed by atoms with van der Waals surface area (Å²) in [5.74, 6) is 2.34. The van der Waals surface area contributed by atoms with Crippen molar-refractivity contribution in [1.29, 1.82) is 0 Å². The maximum absolute atomic E-state index is 13.6. The number of halogens is 1. The number of carbonyl (C=O) groups is 1. The van der Waals surface area contributed by atoms with E-state index in [1.54, 1.807) is 12.1 Å². The van der Waals surface area contributed by atoms with E-state index < -0.39 is 0 Å². The lowest BCUT2D eigenvalue weighted by Gasteiger charge is -2.62. The molecule has 0 spiro atoms. The van der Waals surface area contributed by atoms with Gasteiger partial charge in [0.15, 0.2) is 0 Å². The number of carbonyl (C=O) groups excluding carboxylic acids is 1. The van der Waals surface area contributed by atoms with Crippen molar-refractivity contribution in [1.82, 2.24) is 15.2 Å². The van der Waals surface area contributed by atoms with Gasteiger partial charge in [0.25, 0.3) is 0 Å². The molecular formula is C27H33FN4O. The Morgan fingerprint density at radius 2 is 1.73 bits per heavy atom. The van der Waals surface area contributed by atoms with Crippen LogP contribution in [0.1, 0.15) is 44.1 Å². The number of nitrogens with one attached hydrogen (secondary N) is 1. The highest BCUT2D eigenvalue weighted by Gasteiger charge is 2.58. The van der Waals surface area contributed by atoms with Crippen molar-refractivity contribution in [2.75, 3.05) is 37.6 Å². The number of rotatable bonds is 5. The molecule has 5 aliphatic rings. The van der Waals surface area contributed by atoms with Gasteiger partial charge in [-0.05, 0) is 85.6 Å². The standard InChI is InChI=1S/C27H33FN4O/c28-23-6-4-22(5-7-23)26-14-20-13-21(15-26)17-27(16-20,19-26)30-25(33)18-31-9-11-32(12-10-31)24-3-1-2-8-29-24/h1-8,20-21H,9-19H2,(H,30,33)/t20-,21+,26-,27-. The van der Waals surface area contributed by atoms with Gasteiger partial charge in [0.2, 0.25) is 5.91 Å². The molecule has 0 radical (unpaired) electrons. The van der Waals surface area contributed by atoms with Gasteiger partial charge < -0.3 is 10.2 Å². The van der Waals surface area contributed by atoms with Crippen LogP contribution in [0.3, 0.4) is 0 Å². The predicted molar refractivity (Wildman–Crippen MR) is 127 cm³/mol. The number of benzene rings is 1. The van der Waals surface area contributed by atoms with Gasteiger partial charge >= 0.3 is 0 Å². The highest BCUT2D eigenvalue weighted by Crippen LogP contribution is 2.62. The Balaban J connectivity index is 1.11. The lowest BCUT2D eigenvalue weighted by atomic mass is 9.45. The van der Waals surface area contributed by atoms with E-state index in [9.17, 15) is 9.18 Å². The van der Waals surface area contributed by atoms with Crippen LogP contribution in [0.4, 0.5) is 10.2 Å². The highest BCUT2D eigenvalue weighted by atomic mass is 19.1. The monoisotopic (exact) mass is 448 g/mol. The normalized spacial score (nSPS) is 33.3. The fraction of sp³-hybridized carbons (Fsp3) is 0.556. The lowest BCUT2D eigenvalue weighted by molar-refractivity contribution is -0.129. The van der Waals surface area contributed by atoms with E-state index in [2.05, 4.69) is 20.1 Å². The number of aromatic nitrogens is 1. The predicted octanol–water partition coefficient (Wildman–Crippen LogP) is 3.75. The highest BCUT2D eigenvalue weighted by molar-refractivity contribution is 5.79. The summed E-state index contributed by atoms with van der Waals surface area (Å²) in [6, 6.07) is 13.2. The van der Waals surface area contributed by atoms with Crippen molar-refractivity contribution >= 4 is 11.7 Å². The van der Waals surface area contributed by atoms with Crippen molar-refractivity contribution in [2.45, 2.75) is 49.5 Å². The van der Waals surface area contributed by atoms with Crippen LogP contribution in [0.15, 0.2) is 48.7 Å². The minimum Gasteiger partial charge on any atom is -0.354 e. The van der Waals surface area contributed by atoms with Crippen molar-refractivity contribution < 1.29 is 9.18 Å². The first kappa shape index (κ1) is 21.1. The average Bonchev–Trinajstić information content (AvgIpc) is 2.79. The third kappa shape index (κ3) is 4.03. The zero-order valence-corrected chi connectivity index (χ0v) is 19.2. The maximum atomic E-state index is 13.6. The molecule has 7 rings (SSSR count). The largest absolute Gasteiger partial charge is 0.354 e. The number of hydrogen-bond acceptors (Lipinski definition) is 4. The molecule has 1 saturated heterocycles. The molecule has 5 fully saturated rings. The van der Waals surface area contributed by atoms with Crippen molar-refractivity contribution in [3.63, 3.8) is 0 Å². The molecule has 2 heterocycles. The van der Waals surface area contributed by atoms with Gasteiger partial charge in [-0.25, -0.2) is 9.37 Å². The van der Waals surface area contributed by atoms with Crippen LogP contribution < -0.4 is 10.2 Å². The van der Waals surface area contributed by atoms with Gasteiger partial charge in [0.05, 0.1) is 6.54 Å². The molecule has 1 aromatic heterocycles. The number of amides is 1. The Morgan fingerprint density at radius 1 is 1.00 bits per heavy atom. The van der Waals surface area contributed by atoms with Gasteiger partial charge in [0.1, 0.15) is 11.6 Å². The molecule has 4 aliphatic carbocycles. The van der Waals surface area contributed by atoms with E-state index in [0.717, 1.165) is 51.3 Å². The molecule has 6 heteroatoms. The second-order valence-corrected chi connectivity index (χ2v) is 11.0. The number of piperazine rings is 1. The Labute approximate surface area is 195 Å². The zero-order chi connectivity index (χ0) is 22.5. The van der Waals surface area contributed by atoms with Crippen LogP contribution in [0.2, 0.25) is 0 Å².